The van der Waals surface area contributed by atoms with E-state index in [9.17, 15) is 14.4 Å². The Balaban J connectivity index is 1.94. The van der Waals surface area contributed by atoms with Crippen molar-refractivity contribution >= 4 is 17.7 Å². The lowest BCUT2D eigenvalue weighted by atomic mass is 9.93. The maximum Gasteiger partial charge on any atom is 0.328 e. The standard InChI is InChI=1S/C19H23NO4/c1-2-24-19(23)16-12-14-15(10-6-7-11-17(14)21)20(16)18(22)13-8-4-3-5-9-13/h3-5,8-9,14-16H,2,6-7,10-12H2,1H3/t14-,15-,16-/m1/s1. The highest BCUT2D eigenvalue weighted by molar-refractivity contribution is 5.98. The summed E-state index contributed by atoms with van der Waals surface area (Å²) in [4.78, 5) is 39.5. The number of Topliss-reactive ketones (excluding diaryl/α,β-unsaturated/α-hetero) is 1. The minimum absolute atomic E-state index is 0.176. The summed E-state index contributed by atoms with van der Waals surface area (Å²) in [7, 11) is 0. The number of hydrogen-bond donors (Lipinski definition) is 0. The first-order valence-electron chi connectivity index (χ1n) is 8.70. The van der Waals surface area contributed by atoms with E-state index < -0.39 is 12.0 Å². The van der Waals surface area contributed by atoms with Gasteiger partial charge >= 0.3 is 5.97 Å². The third kappa shape index (κ3) is 3.07. The molecule has 5 heteroatoms. The van der Waals surface area contributed by atoms with Crippen molar-refractivity contribution in [1.29, 1.82) is 0 Å². The second kappa shape index (κ2) is 7.16. The lowest BCUT2D eigenvalue weighted by molar-refractivity contribution is -0.148. The second-order valence-corrected chi connectivity index (χ2v) is 6.47. The molecule has 128 valence electrons. The van der Waals surface area contributed by atoms with E-state index in [0.717, 1.165) is 19.3 Å². The number of benzene rings is 1. The quantitative estimate of drug-likeness (QED) is 0.800. The van der Waals surface area contributed by atoms with Crippen LogP contribution in [0.5, 0.6) is 0 Å². The van der Waals surface area contributed by atoms with Gasteiger partial charge in [0.2, 0.25) is 0 Å². The smallest absolute Gasteiger partial charge is 0.328 e. The molecule has 1 aliphatic heterocycles. The minimum Gasteiger partial charge on any atom is -0.464 e. The zero-order valence-corrected chi connectivity index (χ0v) is 13.9. The highest BCUT2D eigenvalue weighted by Crippen LogP contribution is 2.38. The summed E-state index contributed by atoms with van der Waals surface area (Å²) in [6.07, 6.45) is 3.47. The largest absolute Gasteiger partial charge is 0.464 e. The van der Waals surface area contributed by atoms with E-state index >= 15 is 0 Å². The van der Waals surface area contributed by atoms with E-state index in [2.05, 4.69) is 0 Å². The van der Waals surface area contributed by atoms with Crippen molar-refractivity contribution in [3.63, 3.8) is 0 Å². The minimum atomic E-state index is -0.658. The molecule has 3 atom stereocenters. The first kappa shape index (κ1) is 16.7. The van der Waals surface area contributed by atoms with Crippen LogP contribution in [0.3, 0.4) is 0 Å². The fourth-order valence-corrected chi connectivity index (χ4v) is 3.93. The molecule has 24 heavy (non-hydrogen) atoms. The van der Waals surface area contributed by atoms with Crippen LogP contribution in [0.25, 0.3) is 0 Å². The Morgan fingerprint density at radius 1 is 1.21 bits per heavy atom. The Kier molecular flexibility index (Phi) is 4.97. The van der Waals surface area contributed by atoms with Crippen molar-refractivity contribution in [2.75, 3.05) is 6.61 Å². The van der Waals surface area contributed by atoms with Gasteiger partial charge in [0.25, 0.3) is 5.91 Å². The number of fused-ring (bicyclic) bond motifs is 1. The van der Waals surface area contributed by atoms with E-state index in [4.69, 9.17) is 4.74 Å². The topological polar surface area (TPSA) is 63.7 Å². The van der Waals surface area contributed by atoms with Crippen molar-refractivity contribution in [2.24, 2.45) is 5.92 Å². The number of carbonyl (C=O) groups excluding carboxylic acids is 3. The number of carbonyl (C=O) groups is 3. The fraction of sp³-hybridized carbons (Fsp3) is 0.526. The van der Waals surface area contributed by atoms with Crippen LogP contribution in [-0.4, -0.2) is 41.3 Å². The number of ether oxygens (including phenoxy) is 1. The van der Waals surface area contributed by atoms with E-state index in [0.29, 0.717) is 18.4 Å². The van der Waals surface area contributed by atoms with Crippen LogP contribution < -0.4 is 0 Å². The molecule has 5 nitrogen and oxygen atoms in total. The summed E-state index contributed by atoms with van der Waals surface area (Å²) in [5.41, 5.74) is 0.546. The molecule has 1 aliphatic carbocycles. The van der Waals surface area contributed by atoms with Gasteiger partial charge in [0.05, 0.1) is 6.61 Å². The summed E-state index contributed by atoms with van der Waals surface area (Å²) in [6.45, 7) is 2.02. The van der Waals surface area contributed by atoms with Crippen molar-refractivity contribution < 1.29 is 19.1 Å². The fourth-order valence-electron chi connectivity index (χ4n) is 3.93. The zero-order chi connectivity index (χ0) is 17.1. The van der Waals surface area contributed by atoms with Gasteiger partial charge < -0.3 is 9.64 Å². The van der Waals surface area contributed by atoms with Gasteiger partial charge in [-0.05, 0) is 38.3 Å². The van der Waals surface area contributed by atoms with Crippen molar-refractivity contribution in [3.05, 3.63) is 35.9 Å². The van der Waals surface area contributed by atoms with Crippen LogP contribution in [0.1, 0.15) is 49.4 Å². The molecule has 0 radical (unpaired) electrons. The summed E-state index contributed by atoms with van der Waals surface area (Å²) in [5.74, 6) is -0.650. The molecule has 0 aromatic heterocycles. The predicted octanol–water partition coefficient (Wildman–Crippen LogP) is 2.59. The Morgan fingerprint density at radius 3 is 2.67 bits per heavy atom. The Morgan fingerprint density at radius 2 is 1.96 bits per heavy atom. The van der Waals surface area contributed by atoms with Crippen molar-refractivity contribution in [2.45, 2.75) is 51.1 Å². The van der Waals surface area contributed by atoms with Gasteiger partial charge in [-0.15, -0.1) is 0 Å². The molecule has 0 N–H and O–H groups in total. The monoisotopic (exact) mass is 329 g/mol. The predicted molar refractivity (Wildman–Crippen MR) is 88.4 cm³/mol. The molecule has 1 amide bonds. The second-order valence-electron chi connectivity index (χ2n) is 6.47. The van der Waals surface area contributed by atoms with Crippen LogP contribution >= 0.6 is 0 Å². The van der Waals surface area contributed by atoms with Crippen molar-refractivity contribution in [1.82, 2.24) is 4.90 Å². The van der Waals surface area contributed by atoms with E-state index in [-0.39, 0.29) is 30.3 Å². The van der Waals surface area contributed by atoms with E-state index in [1.807, 2.05) is 6.07 Å². The molecule has 3 rings (SSSR count). The van der Waals surface area contributed by atoms with Gasteiger partial charge in [-0.25, -0.2) is 4.79 Å². The molecule has 2 fully saturated rings. The van der Waals surface area contributed by atoms with Crippen molar-refractivity contribution in [3.8, 4) is 0 Å². The van der Waals surface area contributed by atoms with Gasteiger partial charge in [-0.2, -0.15) is 0 Å². The molecule has 0 unspecified atom stereocenters. The molecule has 2 aliphatic rings. The van der Waals surface area contributed by atoms with Gasteiger partial charge in [0.1, 0.15) is 11.8 Å². The lowest BCUT2D eigenvalue weighted by Gasteiger charge is -2.30. The average Bonchev–Trinajstić information content (AvgIpc) is 2.89. The highest BCUT2D eigenvalue weighted by atomic mass is 16.5. The molecule has 0 spiro atoms. The van der Waals surface area contributed by atoms with Gasteiger partial charge in [-0.1, -0.05) is 24.6 Å². The first-order chi connectivity index (χ1) is 11.6. The van der Waals surface area contributed by atoms with Gasteiger partial charge in [-0.3, -0.25) is 9.59 Å². The number of likely N-dealkylation sites (tertiary alicyclic amines) is 1. The Bertz CT molecular complexity index is 628. The third-order valence-corrected chi connectivity index (χ3v) is 5.04. The third-order valence-electron chi connectivity index (χ3n) is 5.04. The number of amides is 1. The summed E-state index contributed by atoms with van der Waals surface area (Å²) >= 11 is 0. The van der Waals surface area contributed by atoms with Crippen LogP contribution in [0.2, 0.25) is 0 Å². The zero-order valence-electron chi connectivity index (χ0n) is 13.9. The maximum absolute atomic E-state index is 13.0. The van der Waals surface area contributed by atoms with Crippen LogP contribution in [0.15, 0.2) is 30.3 Å². The Hall–Kier alpha value is -2.17. The SMILES string of the molecule is CCOC(=O)[C@H]1C[C@H]2C(=O)CCCC[C@H]2N1C(=O)c1ccccc1. The van der Waals surface area contributed by atoms with Gasteiger partial charge in [0, 0.05) is 23.9 Å². The summed E-state index contributed by atoms with van der Waals surface area (Å²) in [6, 6.07) is 8.10. The summed E-state index contributed by atoms with van der Waals surface area (Å²) in [5, 5.41) is 0. The maximum atomic E-state index is 13.0. The number of esters is 1. The molecule has 1 saturated heterocycles. The normalized spacial score (nSPS) is 26.6. The summed E-state index contributed by atoms with van der Waals surface area (Å²) < 4.78 is 5.17. The number of rotatable bonds is 3. The molecule has 1 aromatic rings. The molecule has 1 aromatic carbocycles. The lowest BCUT2D eigenvalue weighted by Crippen LogP contribution is -2.46. The van der Waals surface area contributed by atoms with Crippen LogP contribution in [0, 0.1) is 5.92 Å². The average molecular weight is 329 g/mol. The van der Waals surface area contributed by atoms with Crippen LogP contribution in [0.4, 0.5) is 0 Å². The van der Waals surface area contributed by atoms with E-state index in [1.54, 1.807) is 36.1 Å². The highest BCUT2D eigenvalue weighted by Gasteiger charge is 2.50. The number of nitrogens with zero attached hydrogens (tertiary/aromatic N) is 1. The number of ketones is 1. The molecular formula is C19H23NO4. The van der Waals surface area contributed by atoms with E-state index in [1.165, 1.54) is 0 Å². The van der Waals surface area contributed by atoms with Crippen LogP contribution in [-0.2, 0) is 14.3 Å². The number of hydrogen-bond acceptors (Lipinski definition) is 4. The molecule has 1 saturated carbocycles. The first-order valence-corrected chi connectivity index (χ1v) is 8.70. The Labute approximate surface area is 142 Å². The molecular weight excluding hydrogens is 306 g/mol. The molecule has 1 heterocycles. The molecule has 0 bridgehead atoms. The van der Waals surface area contributed by atoms with Gasteiger partial charge in [0.15, 0.2) is 0 Å².